The predicted octanol–water partition coefficient (Wildman–Crippen LogP) is -0.734. The zero-order valence-electron chi connectivity index (χ0n) is 23.8. The minimum absolute atomic E-state index is 0.0492. The molecule has 12 N–H and O–H groups in total. The standard InChI is InChI=1S/C28H43N9O5/c29-12-4-3-10-21(27(41)42)35-25(39)23-11-6-14-37(23)26(40)22(15-17-16-34-20-9-2-1-7-18(17)20)36-24(38)19(30)8-5-13-33-28(31)32/h1-2,7,9,16,19,21-23,34H,3-6,8,10-15,29-30H2,(H,35,39)(H,36,38)(H,41,42)(H4,31,32,33). The van der Waals surface area contributed by atoms with E-state index in [4.69, 9.17) is 22.9 Å². The first-order valence-electron chi connectivity index (χ1n) is 14.3. The lowest BCUT2D eigenvalue weighted by Crippen LogP contribution is -2.57. The molecule has 14 nitrogen and oxygen atoms in total. The Morgan fingerprint density at radius 3 is 2.55 bits per heavy atom. The maximum atomic E-state index is 14.0. The summed E-state index contributed by atoms with van der Waals surface area (Å²) in [7, 11) is 0. The fourth-order valence-corrected chi connectivity index (χ4v) is 5.17. The Kier molecular flexibility index (Phi) is 12.1. The quantitative estimate of drug-likeness (QED) is 0.0701. The molecule has 0 spiro atoms. The Balaban J connectivity index is 1.77. The molecule has 3 amide bonds. The summed E-state index contributed by atoms with van der Waals surface area (Å²) in [5.41, 5.74) is 24.0. The van der Waals surface area contributed by atoms with Crippen molar-refractivity contribution in [2.24, 2.45) is 27.9 Å². The predicted molar refractivity (Wildman–Crippen MR) is 159 cm³/mol. The van der Waals surface area contributed by atoms with Crippen LogP contribution >= 0.6 is 0 Å². The number of aromatic nitrogens is 1. The maximum Gasteiger partial charge on any atom is 0.326 e. The molecule has 0 radical (unpaired) electrons. The minimum atomic E-state index is -1.14. The summed E-state index contributed by atoms with van der Waals surface area (Å²) >= 11 is 0. The molecule has 1 aromatic carbocycles. The number of carboxylic acids is 1. The first-order valence-corrected chi connectivity index (χ1v) is 14.3. The molecule has 4 atom stereocenters. The van der Waals surface area contributed by atoms with Gasteiger partial charge in [0.25, 0.3) is 0 Å². The van der Waals surface area contributed by atoms with Crippen molar-refractivity contribution in [1.82, 2.24) is 20.5 Å². The average Bonchev–Trinajstić information content (AvgIpc) is 3.61. The molecule has 1 aliphatic heterocycles. The monoisotopic (exact) mass is 585 g/mol. The number of nitrogens with two attached hydrogens (primary N) is 4. The van der Waals surface area contributed by atoms with Crippen LogP contribution in [0, 0.1) is 0 Å². The van der Waals surface area contributed by atoms with Crippen LogP contribution < -0.4 is 33.6 Å². The largest absolute Gasteiger partial charge is 0.480 e. The Morgan fingerprint density at radius 2 is 1.83 bits per heavy atom. The molecular weight excluding hydrogens is 542 g/mol. The van der Waals surface area contributed by atoms with Gasteiger partial charge in [0.2, 0.25) is 17.7 Å². The lowest BCUT2D eigenvalue weighted by atomic mass is 10.0. The van der Waals surface area contributed by atoms with Crippen LogP contribution in [-0.4, -0.2) is 88.4 Å². The Bertz CT molecular complexity index is 1260. The molecule has 0 saturated carbocycles. The topological polar surface area (TPSA) is 248 Å². The number of carboxylic acid groups (broad SMARTS) is 1. The number of aliphatic carboxylic acids is 1. The van der Waals surface area contributed by atoms with Gasteiger partial charge in [0, 0.05) is 36.6 Å². The number of unbranched alkanes of at least 4 members (excludes halogenated alkanes) is 1. The van der Waals surface area contributed by atoms with Crippen LogP contribution in [0.4, 0.5) is 0 Å². The van der Waals surface area contributed by atoms with Crippen molar-refractivity contribution in [2.75, 3.05) is 19.6 Å². The number of aliphatic imine (C=N–C) groups is 1. The van der Waals surface area contributed by atoms with Crippen molar-refractivity contribution < 1.29 is 24.3 Å². The van der Waals surface area contributed by atoms with E-state index in [1.807, 2.05) is 24.3 Å². The van der Waals surface area contributed by atoms with E-state index in [9.17, 15) is 24.3 Å². The lowest BCUT2D eigenvalue weighted by Gasteiger charge is -2.30. The minimum Gasteiger partial charge on any atom is -0.480 e. The zero-order chi connectivity index (χ0) is 30.6. The van der Waals surface area contributed by atoms with Crippen molar-refractivity contribution >= 4 is 40.6 Å². The number of nitrogens with one attached hydrogen (secondary N) is 3. The van der Waals surface area contributed by atoms with E-state index in [2.05, 4.69) is 20.6 Å². The van der Waals surface area contributed by atoms with Gasteiger partial charge in [-0.1, -0.05) is 18.2 Å². The number of fused-ring (bicyclic) bond motifs is 1. The highest BCUT2D eigenvalue weighted by Gasteiger charge is 2.39. The van der Waals surface area contributed by atoms with Crippen molar-refractivity contribution in [1.29, 1.82) is 0 Å². The van der Waals surface area contributed by atoms with Gasteiger partial charge >= 0.3 is 5.97 Å². The highest BCUT2D eigenvalue weighted by atomic mass is 16.4. The lowest BCUT2D eigenvalue weighted by molar-refractivity contribution is -0.145. The molecule has 1 saturated heterocycles. The van der Waals surface area contributed by atoms with E-state index in [1.165, 1.54) is 4.90 Å². The first kappa shape index (κ1) is 32.3. The van der Waals surface area contributed by atoms with Gasteiger partial charge in [0.1, 0.15) is 18.1 Å². The molecule has 14 heteroatoms. The fraction of sp³-hybridized carbons (Fsp3) is 0.536. The van der Waals surface area contributed by atoms with Crippen molar-refractivity contribution in [3.63, 3.8) is 0 Å². The summed E-state index contributed by atoms with van der Waals surface area (Å²) in [6.07, 6.45) is 5.09. The van der Waals surface area contributed by atoms with Crippen LogP contribution in [0.3, 0.4) is 0 Å². The second-order valence-electron chi connectivity index (χ2n) is 10.6. The number of para-hydroxylation sites is 1. The van der Waals surface area contributed by atoms with Crippen molar-refractivity contribution in [3.05, 3.63) is 36.0 Å². The number of carbonyl (C=O) groups excluding carboxylic acids is 3. The average molecular weight is 586 g/mol. The van der Waals surface area contributed by atoms with Crippen molar-refractivity contribution in [3.8, 4) is 0 Å². The maximum absolute atomic E-state index is 14.0. The van der Waals surface area contributed by atoms with Crippen LogP contribution in [0.15, 0.2) is 35.5 Å². The molecule has 230 valence electrons. The fourth-order valence-electron chi connectivity index (χ4n) is 5.17. The number of aromatic amines is 1. The number of nitrogens with zero attached hydrogens (tertiary/aromatic N) is 2. The molecule has 4 unspecified atom stereocenters. The molecule has 42 heavy (non-hydrogen) atoms. The normalized spacial score (nSPS) is 16.9. The van der Waals surface area contributed by atoms with E-state index in [0.29, 0.717) is 58.2 Å². The third kappa shape index (κ3) is 8.91. The number of hydrogen-bond acceptors (Lipinski definition) is 7. The summed E-state index contributed by atoms with van der Waals surface area (Å²) in [5, 5.41) is 15.9. The second-order valence-corrected chi connectivity index (χ2v) is 10.6. The van der Waals surface area contributed by atoms with Crippen LogP contribution in [0.2, 0.25) is 0 Å². The summed E-state index contributed by atoms with van der Waals surface area (Å²) in [6.45, 7) is 1.04. The summed E-state index contributed by atoms with van der Waals surface area (Å²) in [5.74, 6) is -2.67. The van der Waals surface area contributed by atoms with Gasteiger partial charge in [0.15, 0.2) is 5.96 Å². The Morgan fingerprint density at radius 1 is 1.07 bits per heavy atom. The Labute approximate surface area is 244 Å². The van der Waals surface area contributed by atoms with E-state index in [0.717, 1.165) is 16.5 Å². The third-order valence-corrected chi connectivity index (χ3v) is 7.42. The van der Waals surface area contributed by atoms with Gasteiger partial charge in [-0.25, -0.2) is 4.79 Å². The summed E-state index contributed by atoms with van der Waals surface area (Å²) in [6, 6.07) is 3.76. The number of H-pyrrole nitrogens is 1. The highest BCUT2D eigenvalue weighted by Crippen LogP contribution is 2.23. The van der Waals surface area contributed by atoms with E-state index in [1.54, 1.807) is 6.20 Å². The van der Waals surface area contributed by atoms with Gasteiger partial charge in [-0.2, -0.15) is 0 Å². The number of amides is 3. The highest BCUT2D eigenvalue weighted by molar-refractivity contribution is 5.95. The molecule has 2 aromatic rings. The van der Waals surface area contributed by atoms with Crippen LogP contribution in [0.1, 0.15) is 50.5 Å². The number of rotatable bonds is 16. The number of benzene rings is 1. The number of likely N-dealkylation sites (tertiary alicyclic amines) is 1. The van der Waals surface area contributed by atoms with Gasteiger partial charge < -0.3 is 48.6 Å². The molecular formula is C28H43N9O5. The number of guanidine groups is 1. The molecule has 2 heterocycles. The third-order valence-electron chi connectivity index (χ3n) is 7.42. The molecule has 1 aromatic heterocycles. The molecule has 0 bridgehead atoms. The molecule has 1 fully saturated rings. The first-order chi connectivity index (χ1) is 20.1. The Hall–Kier alpha value is -4.17. The van der Waals surface area contributed by atoms with Gasteiger partial charge in [-0.05, 0) is 63.1 Å². The van der Waals surface area contributed by atoms with E-state index < -0.39 is 47.9 Å². The van der Waals surface area contributed by atoms with Gasteiger partial charge in [-0.15, -0.1) is 0 Å². The summed E-state index contributed by atoms with van der Waals surface area (Å²) < 4.78 is 0. The van der Waals surface area contributed by atoms with Crippen LogP contribution in [0.25, 0.3) is 10.9 Å². The number of hydrogen-bond donors (Lipinski definition) is 8. The van der Waals surface area contributed by atoms with Gasteiger partial charge in [0.05, 0.1) is 6.04 Å². The smallest absolute Gasteiger partial charge is 0.326 e. The molecule has 3 rings (SSSR count). The molecule has 1 aliphatic rings. The van der Waals surface area contributed by atoms with Crippen LogP contribution in [-0.2, 0) is 25.6 Å². The second kappa shape index (κ2) is 15.7. The zero-order valence-corrected chi connectivity index (χ0v) is 23.8. The number of carbonyl (C=O) groups is 4. The van der Waals surface area contributed by atoms with Crippen molar-refractivity contribution in [2.45, 2.75) is 75.5 Å². The van der Waals surface area contributed by atoms with Gasteiger partial charge in [-0.3, -0.25) is 19.4 Å². The van der Waals surface area contributed by atoms with Crippen LogP contribution in [0.5, 0.6) is 0 Å². The van der Waals surface area contributed by atoms with E-state index in [-0.39, 0.29) is 18.8 Å². The van der Waals surface area contributed by atoms with E-state index >= 15 is 0 Å². The summed E-state index contributed by atoms with van der Waals surface area (Å²) in [4.78, 5) is 60.5. The SMILES string of the molecule is NCCCCC(NC(=O)C1CCCN1C(=O)C(Cc1c[nH]c2ccccc12)NC(=O)C(N)CCCN=C(N)N)C(=O)O. The molecule has 0 aliphatic carbocycles.